The van der Waals surface area contributed by atoms with E-state index in [1.54, 1.807) is 7.85 Å². The number of esters is 1. The molecule has 8 heteroatoms. The summed E-state index contributed by atoms with van der Waals surface area (Å²) in [6, 6.07) is -0.313. The van der Waals surface area contributed by atoms with Crippen LogP contribution >= 0.6 is 0 Å². The second-order valence-electron chi connectivity index (χ2n) is 4.91. The Bertz CT molecular complexity index is 336. The Kier molecular flexibility index (Phi) is 7.15. The van der Waals surface area contributed by atoms with E-state index in [9.17, 15) is 14.7 Å². The summed E-state index contributed by atoms with van der Waals surface area (Å²) < 4.78 is 15.6. The van der Waals surface area contributed by atoms with Crippen LogP contribution in [0.15, 0.2) is 0 Å². The Labute approximate surface area is 118 Å². The molecule has 20 heavy (non-hydrogen) atoms. The van der Waals surface area contributed by atoms with Crippen LogP contribution in [-0.4, -0.2) is 67.5 Å². The Morgan fingerprint density at radius 1 is 1.40 bits per heavy atom. The number of hydrogen-bond donors (Lipinski definition) is 2. The van der Waals surface area contributed by atoms with E-state index >= 15 is 0 Å². The van der Waals surface area contributed by atoms with Gasteiger partial charge >= 0.3 is 5.97 Å². The van der Waals surface area contributed by atoms with Crippen LogP contribution in [0.2, 0.25) is 0 Å². The molecule has 0 aromatic rings. The van der Waals surface area contributed by atoms with Crippen molar-refractivity contribution >= 4 is 19.6 Å². The molecule has 1 heterocycles. The van der Waals surface area contributed by atoms with Crippen molar-refractivity contribution in [3.63, 3.8) is 0 Å². The van der Waals surface area contributed by atoms with E-state index in [-0.39, 0.29) is 38.0 Å². The highest BCUT2D eigenvalue weighted by Gasteiger charge is 2.35. The smallest absolute Gasteiger partial charge is 0.308 e. The molecule has 1 saturated heterocycles. The molecule has 2 N–H and O–H groups in total. The van der Waals surface area contributed by atoms with Gasteiger partial charge in [-0.25, -0.2) is 0 Å². The van der Waals surface area contributed by atoms with Gasteiger partial charge in [0, 0.05) is 12.8 Å². The number of rotatable bonds is 7. The normalized spacial score (nSPS) is 29.9. The molecule has 1 fully saturated rings. The van der Waals surface area contributed by atoms with E-state index in [1.165, 1.54) is 6.92 Å². The lowest BCUT2D eigenvalue weighted by molar-refractivity contribution is -0.196. The van der Waals surface area contributed by atoms with Gasteiger partial charge < -0.3 is 29.2 Å². The summed E-state index contributed by atoms with van der Waals surface area (Å²) in [5.74, 6) is -0.575. The van der Waals surface area contributed by atoms with Gasteiger partial charge in [-0.05, 0) is 6.92 Å². The third-order valence-corrected chi connectivity index (χ3v) is 3.18. The minimum absolute atomic E-state index is 0.0324. The molecule has 4 atom stereocenters. The molecule has 0 radical (unpaired) electrons. The third kappa shape index (κ3) is 5.58. The van der Waals surface area contributed by atoms with Crippen molar-refractivity contribution in [1.82, 2.24) is 0 Å². The number of aliphatic hydroxyl groups excluding tert-OH is 2. The first kappa shape index (κ1) is 17.1. The van der Waals surface area contributed by atoms with Crippen LogP contribution in [0.25, 0.3) is 0 Å². The number of aliphatic hydroxyl groups is 2. The molecule has 1 aliphatic rings. The zero-order valence-electron chi connectivity index (χ0n) is 11.8. The minimum Gasteiger partial charge on any atom is -0.438 e. The maximum Gasteiger partial charge on any atom is 0.308 e. The van der Waals surface area contributed by atoms with E-state index in [0.29, 0.717) is 6.42 Å². The average molecular weight is 288 g/mol. The fourth-order valence-electron chi connectivity index (χ4n) is 1.94. The second-order valence-corrected chi connectivity index (χ2v) is 4.91. The van der Waals surface area contributed by atoms with Gasteiger partial charge in [0.05, 0.1) is 31.2 Å². The van der Waals surface area contributed by atoms with Crippen molar-refractivity contribution in [3.8, 4) is 0 Å². The quantitative estimate of drug-likeness (QED) is 0.328. The van der Waals surface area contributed by atoms with E-state index in [2.05, 4.69) is 0 Å². The molecule has 114 valence electrons. The molecule has 0 bridgehead atoms. The fraction of sp³-hybridized carbons (Fsp3) is 0.833. The highest BCUT2D eigenvalue weighted by atomic mass is 16.7. The topological polar surface area (TPSA) is 102 Å². The lowest BCUT2D eigenvalue weighted by atomic mass is 9.86. The molecule has 0 amide bonds. The average Bonchev–Trinajstić information content (AvgIpc) is 2.39. The number of carbonyl (C=O) groups excluding carboxylic acids is 2. The summed E-state index contributed by atoms with van der Waals surface area (Å²) in [5, 5.41) is 18.7. The van der Waals surface area contributed by atoms with Gasteiger partial charge in [-0.1, -0.05) is 0 Å². The summed E-state index contributed by atoms with van der Waals surface area (Å²) in [4.78, 5) is 22.0. The molecule has 2 unspecified atom stereocenters. The maximum atomic E-state index is 11.3. The van der Waals surface area contributed by atoms with Crippen molar-refractivity contribution in [1.29, 1.82) is 0 Å². The fourth-order valence-corrected chi connectivity index (χ4v) is 1.94. The molecule has 7 nitrogen and oxygen atoms in total. The molecule has 0 aromatic carbocycles. The van der Waals surface area contributed by atoms with Crippen LogP contribution in [0, 0.1) is 0 Å². The van der Waals surface area contributed by atoms with Crippen molar-refractivity contribution in [2.24, 2.45) is 0 Å². The van der Waals surface area contributed by atoms with Crippen molar-refractivity contribution in [2.75, 3.05) is 13.4 Å². The lowest BCUT2D eigenvalue weighted by Crippen LogP contribution is -2.50. The van der Waals surface area contributed by atoms with Crippen LogP contribution in [0.3, 0.4) is 0 Å². The largest absolute Gasteiger partial charge is 0.438 e. The van der Waals surface area contributed by atoms with Gasteiger partial charge in [0.25, 0.3) is 0 Å². The molecule has 1 rings (SSSR count). The van der Waals surface area contributed by atoms with E-state index in [1.807, 2.05) is 0 Å². The standard InChI is InChI=1S/C12H21BO7/c1-7(15)2-3-11(17)19-6-18-9-4-8(16)10(5-14)20-12(9)13/h8-10,12,14,16H,2-6,13H2,1H3/t8?,9?,10-,12-/m1/s1. The highest BCUT2D eigenvalue weighted by molar-refractivity contribution is 6.11. The van der Waals surface area contributed by atoms with E-state index in [0.717, 1.165) is 0 Å². The Morgan fingerprint density at radius 2 is 2.10 bits per heavy atom. The molecule has 0 saturated carbocycles. The van der Waals surface area contributed by atoms with Crippen LogP contribution in [0.4, 0.5) is 0 Å². The van der Waals surface area contributed by atoms with Gasteiger partial charge in [-0.2, -0.15) is 0 Å². The van der Waals surface area contributed by atoms with Gasteiger partial charge in [0.1, 0.15) is 19.7 Å². The molecule has 0 aromatic heterocycles. The third-order valence-electron chi connectivity index (χ3n) is 3.18. The monoisotopic (exact) mass is 288 g/mol. The number of ether oxygens (including phenoxy) is 3. The number of ketones is 1. The van der Waals surface area contributed by atoms with Crippen LogP contribution in [0.5, 0.6) is 0 Å². The first-order valence-electron chi connectivity index (χ1n) is 6.65. The number of hydrogen-bond acceptors (Lipinski definition) is 7. The number of Topliss-reactive ketones (excluding diaryl/α,β-unsaturated/α-hetero) is 1. The second kappa shape index (κ2) is 8.36. The first-order chi connectivity index (χ1) is 9.43. The molecule has 0 spiro atoms. The first-order valence-corrected chi connectivity index (χ1v) is 6.65. The van der Waals surface area contributed by atoms with Gasteiger partial charge in [0.2, 0.25) is 0 Å². The van der Waals surface area contributed by atoms with E-state index in [4.69, 9.17) is 19.3 Å². The van der Waals surface area contributed by atoms with Crippen molar-refractivity contribution in [3.05, 3.63) is 0 Å². The van der Waals surface area contributed by atoms with Gasteiger partial charge in [-0.15, -0.1) is 0 Å². The SMILES string of the molecule is B[C@@H]1O[C@H](CO)C(O)CC1OCOC(=O)CCC(C)=O. The maximum absolute atomic E-state index is 11.3. The zero-order valence-corrected chi connectivity index (χ0v) is 11.8. The van der Waals surface area contributed by atoms with Crippen LogP contribution in [0.1, 0.15) is 26.2 Å². The predicted molar refractivity (Wildman–Crippen MR) is 70.7 cm³/mol. The summed E-state index contributed by atoms with van der Waals surface area (Å²) >= 11 is 0. The highest BCUT2D eigenvalue weighted by Crippen LogP contribution is 2.21. The summed E-state index contributed by atoms with van der Waals surface area (Å²) in [7, 11) is 1.76. The van der Waals surface area contributed by atoms with Crippen LogP contribution in [-0.2, 0) is 23.8 Å². The van der Waals surface area contributed by atoms with Crippen LogP contribution < -0.4 is 0 Å². The Morgan fingerprint density at radius 3 is 2.70 bits per heavy atom. The Balaban J connectivity index is 2.24. The van der Waals surface area contributed by atoms with Gasteiger partial charge in [0.15, 0.2) is 6.79 Å². The lowest BCUT2D eigenvalue weighted by Gasteiger charge is -2.37. The zero-order chi connectivity index (χ0) is 15.1. The Hall–Kier alpha value is -0.955. The molecule has 0 aliphatic carbocycles. The summed E-state index contributed by atoms with van der Waals surface area (Å²) in [5.41, 5.74) is 0. The predicted octanol–water partition coefficient (Wildman–Crippen LogP) is -1.66. The van der Waals surface area contributed by atoms with E-state index < -0.39 is 24.3 Å². The summed E-state index contributed by atoms with van der Waals surface area (Å²) in [6.45, 7) is 0.910. The van der Waals surface area contributed by atoms with Gasteiger partial charge in [-0.3, -0.25) is 4.79 Å². The summed E-state index contributed by atoms with van der Waals surface area (Å²) in [6.07, 6.45) is -1.34. The van der Waals surface area contributed by atoms with Crippen molar-refractivity contribution in [2.45, 2.75) is 50.5 Å². The molecular weight excluding hydrogens is 267 g/mol. The molecular formula is C12H21BO7. The number of carbonyl (C=O) groups is 2. The van der Waals surface area contributed by atoms with Crippen molar-refractivity contribution < 1.29 is 34.0 Å². The minimum atomic E-state index is -0.811. The molecule has 1 aliphatic heterocycles.